The Balaban J connectivity index is 0.000000151. The van der Waals surface area contributed by atoms with E-state index in [-0.39, 0.29) is 121 Å². The molecule has 0 aliphatic carbocycles. The van der Waals surface area contributed by atoms with Gasteiger partial charge in [-0.2, -0.15) is 0 Å². The molecule has 9 aliphatic heterocycles. The molecule has 9 aliphatic rings. The molecule has 17 rings (SSSR count). The smallest absolute Gasteiger partial charge is 0.323 e. The molecule has 0 aromatic heterocycles. The molecule has 5 fully saturated rings. The monoisotopic (exact) mass is 1970 g/mol. The van der Waals surface area contributed by atoms with Gasteiger partial charge in [0.25, 0.3) is 70.9 Å². The normalized spacial score (nSPS) is 19.0. The second kappa shape index (κ2) is 43.5. The molecule has 9 heterocycles. The second-order valence-electron chi connectivity index (χ2n) is 34.1. The predicted octanol–water partition coefficient (Wildman–Crippen LogP) is 3.85. The number of fused-ring (bicyclic) bond motifs is 4. The van der Waals surface area contributed by atoms with Gasteiger partial charge in [-0.1, -0.05) is 94.8 Å². The number of nitrogens with zero attached hydrogens (tertiary/aromatic N) is 7. The fraction of sp³-hybridized carbons (Fsp3) is 0.287. The number of likely N-dealkylation sites (N-methyl/N-ethyl adjacent to an activating group) is 2. The van der Waals surface area contributed by atoms with Gasteiger partial charge in [0.1, 0.15) is 23.0 Å². The van der Waals surface area contributed by atoms with Crippen LogP contribution in [0.2, 0.25) is 10.0 Å². The molecule has 0 spiro atoms. The lowest BCUT2D eigenvalue weighted by molar-refractivity contribution is -0.123. The Kier molecular flexibility index (Phi) is 31.0. The fourth-order valence-electron chi connectivity index (χ4n) is 16.2. The van der Waals surface area contributed by atoms with Crippen molar-refractivity contribution in [2.45, 2.75) is 48.3 Å². The molecular formula is C101H96Cl2N18O21. The zero-order valence-corrected chi connectivity index (χ0v) is 79.8. The van der Waals surface area contributed by atoms with E-state index in [4.69, 9.17) is 46.9 Å². The number of hydrogen-bond donors (Lipinski definition) is 11. The molecule has 142 heavy (non-hydrogen) atoms. The first kappa shape index (κ1) is 101. The molecule has 8 aromatic carbocycles. The van der Waals surface area contributed by atoms with Crippen LogP contribution in [0.5, 0.6) is 23.0 Å². The van der Waals surface area contributed by atoms with Crippen LogP contribution in [0.3, 0.4) is 0 Å². The molecule has 11 N–H and O–H groups in total. The van der Waals surface area contributed by atoms with Crippen molar-refractivity contribution in [3.05, 3.63) is 257 Å². The summed E-state index contributed by atoms with van der Waals surface area (Å²) in [7, 11) is 15.2. The molecule has 20 amide bonds. The second-order valence-corrected chi connectivity index (χ2v) is 35.0. The first-order valence-electron chi connectivity index (χ1n) is 44.2. The predicted molar refractivity (Wildman–Crippen MR) is 514 cm³/mol. The number of halogens is 2. The maximum absolute atomic E-state index is 13.1. The summed E-state index contributed by atoms with van der Waals surface area (Å²) >= 11 is 12.3. The number of ether oxygens (including phenoxy) is 5. The summed E-state index contributed by atoms with van der Waals surface area (Å²) in [5.74, 6) is 20.4. The number of imide groups is 4. The lowest BCUT2D eigenvalue weighted by Gasteiger charge is -2.27. The van der Waals surface area contributed by atoms with Crippen LogP contribution < -0.4 is 77.4 Å². The van der Waals surface area contributed by atoms with Gasteiger partial charge in [0, 0.05) is 128 Å². The van der Waals surface area contributed by atoms with E-state index in [2.05, 4.69) is 106 Å². The van der Waals surface area contributed by atoms with Gasteiger partial charge in [-0.25, -0.2) is 19.2 Å². The Labute approximate surface area is 824 Å². The van der Waals surface area contributed by atoms with Gasteiger partial charge in [-0.05, 0) is 184 Å². The van der Waals surface area contributed by atoms with Crippen LogP contribution in [-0.4, -0.2) is 294 Å². The molecule has 730 valence electrons. The van der Waals surface area contributed by atoms with Gasteiger partial charge in [-0.15, -0.1) is 0 Å². The van der Waals surface area contributed by atoms with Crippen LogP contribution in [0.4, 0.5) is 19.2 Å². The van der Waals surface area contributed by atoms with Crippen molar-refractivity contribution >= 4 is 118 Å². The number of carbonyl (C=O) groups is 16. The summed E-state index contributed by atoms with van der Waals surface area (Å²) in [5.41, 5.74) is 1.91. The summed E-state index contributed by atoms with van der Waals surface area (Å²) < 4.78 is 26.1. The van der Waals surface area contributed by atoms with E-state index in [1.807, 2.05) is 38.0 Å². The van der Waals surface area contributed by atoms with Gasteiger partial charge in [0.05, 0.1) is 89.0 Å². The number of nitrogens with one attached hydrogen (secondary N) is 11. The van der Waals surface area contributed by atoms with Gasteiger partial charge in [0.2, 0.25) is 22.2 Å². The van der Waals surface area contributed by atoms with Crippen LogP contribution in [0.25, 0.3) is 0 Å². The molecule has 0 unspecified atom stereocenters. The van der Waals surface area contributed by atoms with Crippen molar-refractivity contribution in [3.63, 3.8) is 0 Å². The Bertz CT molecular complexity index is 6800. The van der Waals surface area contributed by atoms with E-state index >= 15 is 0 Å². The lowest BCUT2D eigenvalue weighted by atomic mass is 9.98. The van der Waals surface area contributed by atoms with Crippen LogP contribution in [0, 0.1) is 47.4 Å². The molecule has 39 nitrogen and oxygen atoms in total. The number of urea groups is 4. The van der Waals surface area contributed by atoms with Crippen molar-refractivity contribution in [2.24, 2.45) is 0 Å². The van der Waals surface area contributed by atoms with Gasteiger partial charge >= 0.3 is 24.1 Å². The zero-order chi connectivity index (χ0) is 102. The number of morpholine rings is 1. The van der Waals surface area contributed by atoms with E-state index in [1.165, 1.54) is 73.3 Å². The first-order valence-corrected chi connectivity index (χ1v) is 45.0. The topological polar surface area (TPSA) is 474 Å². The molecule has 0 radical (unpaired) electrons. The maximum Gasteiger partial charge on any atom is 0.323 e. The van der Waals surface area contributed by atoms with Crippen molar-refractivity contribution in [1.82, 2.24) is 92.8 Å². The quantitative estimate of drug-likeness (QED) is 0.0339. The summed E-state index contributed by atoms with van der Waals surface area (Å²) in [5, 5.41) is 27.8. The zero-order valence-electron chi connectivity index (χ0n) is 78.3. The van der Waals surface area contributed by atoms with Gasteiger partial charge in [-0.3, -0.25) is 78.8 Å². The van der Waals surface area contributed by atoms with E-state index < -0.39 is 69.9 Å². The number of benzene rings is 8. The first-order chi connectivity index (χ1) is 68.0. The highest BCUT2D eigenvalue weighted by Crippen LogP contribution is 2.35. The van der Waals surface area contributed by atoms with Crippen LogP contribution in [-0.2, 0) is 50.1 Å². The van der Waals surface area contributed by atoms with Crippen LogP contribution in [0.15, 0.2) is 158 Å². The van der Waals surface area contributed by atoms with Crippen LogP contribution >= 0.6 is 23.2 Å². The highest BCUT2D eigenvalue weighted by Gasteiger charge is 2.53. The number of methoxy groups -OCH3 is 4. The molecule has 41 heteroatoms. The number of hydrogen-bond acceptors (Lipinski definition) is 23. The Hall–Kier alpha value is -16.8. The molecule has 4 atom stereocenters. The number of rotatable bonds is 22. The summed E-state index contributed by atoms with van der Waals surface area (Å²) in [6.07, 6.45) is 0. The highest BCUT2D eigenvalue weighted by atomic mass is 35.5. The minimum Gasteiger partial charge on any atom is -0.497 e. The van der Waals surface area contributed by atoms with Gasteiger partial charge < -0.3 is 95.2 Å². The summed E-state index contributed by atoms with van der Waals surface area (Å²) in [4.78, 5) is 212. The van der Waals surface area contributed by atoms with Crippen LogP contribution in [0.1, 0.15) is 127 Å². The Morgan fingerprint density at radius 2 is 0.669 bits per heavy atom. The van der Waals surface area contributed by atoms with Crippen molar-refractivity contribution in [3.8, 4) is 70.4 Å². The molecule has 8 aromatic rings. The fourth-order valence-corrected chi connectivity index (χ4v) is 16.6. The minimum absolute atomic E-state index is 0.0829. The van der Waals surface area contributed by atoms with Crippen molar-refractivity contribution < 1.29 is 100 Å². The molecule has 5 saturated heterocycles. The molecule has 0 bridgehead atoms. The van der Waals surface area contributed by atoms with E-state index in [0.717, 1.165) is 28.8 Å². The molecular weight excluding hydrogens is 1870 g/mol. The van der Waals surface area contributed by atoms with Crippen molar-refractivity contribution in [1.29, 1.82) is 0 Å². The largest absolute Gasteiger partial charge is 0.497 e. The van der Waals surface area contributed by atoms with E-state index in [1.54, 1.807) is 144 Å². The SMILES string of the molecule is CNC(=O)c1cc(C#C[C@]2(CN3Cc4ccc(OC)cc4C3=O)NC(=O)NC2=O)ccc1Cl.COc1ccc2c(c1)C(=O)N(C[C@@]1(C#Cc3ccc(C(=O)N4CCOCC4)cc3)NC(=O)NC1=O)C2.COc1ccc2c(c1)C(=O)N(C[C@@]1(C#Cc3ccc(C(=O)NCCN(C)C)cc3)NC(=O)NC1=O)C2.COc1ccc2c(c1)C(=O)N(C[C@@]1(C#Cc3ccc(Cl)c(C(=O)NCCN(C)C)c3)NC(=O)NC1=O)C2. The minimum atomic E-state index is -1.67. The van der Waals surface area contributed by atoms with E-state index in [0.29, 0.717) is 125 Å². The summed E-state index contributed by atoms with van der Waals surface area (Å²) in [6.45, 7) is 4.96. The summed E-state index contributed by atoms with van der Waals surface area (Å²) in [6, 6.07) is 40.6. The highest BCUT2D eigenvalue weighted by molar-refractivity contribution is 6.34. The number of amides is 20. The third-order valence-electron chi connectivity index (χ3n) is 23.9. The van der Waals surface area contributed by atoms with Gasteiger partial charge in [0.15, 0.2) is 0 Å². The van der Waals surface area contributed by atoms with E-state index in [9.17, 15) is 76.7 Å². The third-order valence-corrected chi connectivity index (χ3v) is 24.5. The third kappa shape index (κ3) is 22.9. The van der Waals surface area contributed by atoms with Crippen molar-refractivity contribution in [2.75, 3.05) is 142 Å². The Morgan fingerprint density at radius 1 is 0.380 bits per heavy atom. The molecule has 0 saturated carbocycles. The average molecular weight is 1970 g/mol. The standard InChI is InChI=1S/C26H26ClN5O5.C26H27N5O5.C26H24N4O6.C23H19ClN4O5/c1-31(2)11-10-28-22(33)20-12-16(4-7-21(20)27)8-9-26(24(35)29-25(36)30-26)15-32-14-17-5-6-18(37-3)13-19(17)23(32)34;1-30(2)13-12-27-22(32)18-6-4-17(5-7-18)10-11-26(24(34)28-25(35)29-26)16-31-15-19-8-9-20(36-3)14-21(19)23(31)33;1-35-20-7-6-19-15-30(23(32)21(19)14-20)16-26(24(33)27-25(34)28-26)9-8-17-2-4-18(5-3-17)22(31)29-10-12-36-13-11-29;1-25-19(29)17-9-13(3-6-18(17)24)7-8-23(21(31)26-22(32)27-23)12-28-11-14-4-5-15(33-2)10-16(14)20(28)30/h4-7,12-13H,10-11,14-15H2,1-3H3,(H,28,33)(H2,29,30,35,36);4-9,14H,12-13,15-16H2,1-3H3,(H,27,32)(H2,28,29,34,35);2-7,14H,10-13,15-16H2,1H3,(H2,27,28,33,34);3-6,9-10H,11-12H2,1-2H3,(H,25,29)(H2,26,27,31,32)/t3*26-;23-/m1111/s1. The Morgan fingerprint density at radius 3 is 0.958 bits per heavy atom. The average Bonchev–Trinajstić information content (AvgIpc) is 1.63. The lowest BCUT2D eigenvalue weighted by Crippen LogP contribution is -2.54. The number of carbonyl (C=O) groups excluding carboxylic acids is 16. The maximum atomic E-state index is 13.1.